The average Bonchev–Trinajstić information content (AvgIpc) is 2.86. The van der Waals surface area contributed by atoms with Gasteiger partial charge in [-0.3, -0.25) is 9.59 Å². The first-order valence-corrected chi connectivity index (χ1v) is 12.2. The number of carbonyl (C=O) groups is 2. The summed E-state index contributed by atoms with van der Waals surface area (Å²) in [4.78, 5) is 29.0. The lowest BCUT2D eigenvalue weighted by atomic mass is 10.1. The molecule has 0 bridgehead atoms. The number of benzene rings is 2. The summed E-state index contributed by atoms with van der Waals surface area (Å²) < 4.78 is 11.4. The Morgan fingerprint density at radius 2 is 1.71 bits per heavy atom. The molecule has 7 nitrogen and oxygen atoms in total. The number of amides is 2. The molecule has 0 aromatic heterocycles. The second-order valence-electron chi connectivity index (χ2n) is 8.74. The monoisotopic (exact) mass is 467 g/mol. The lowest BCUT2D eigenvalue weighted by molar-refractivity contribution is -0.134. The van der Waals surface area contributed by atoms with Gasteiger partial charge in [0.2, 0.25) is 0 Å². The summed E-state index contributed by atoms with van der Waals surface area (Å²) in [5.41, 5.74) is 2.93. The van der Waals surface area contributed by atoms with Crippen LogP contribution in [-0.4, -0.2) is 63.7 Å². The van der Waals surface area contributed by atoms with Crippen LogP contribution in [0.5, 0.6) is 11.5 Å². The summed E-state index contributed by atoms with van der Waals surface area (Å²) in [7, 11) is 4.05. The van der Waals surface area contributed by atoms with E-state index in [1.807, 2.05) is 25.9 Å². The molecule has 2 aromatic carbocycles. The van der Waals surface area contributed by atoms with Crippen LogP contribution in [0.15, 0.2) is 42.5 Å². The molecule has 1 fully saturated rings. The van der Waals surface area contributed by atoms with Gasteiger partial charge in [0.25, 0.3) is 11.8 Å². The Morgan fingerprint density at radius 3 is 2.38 bits per heavy atom. The van der Waals surface area contributed by atoms with Crippen molar-refractivity contribution in [3.8, 4) is 11.5 Å². The van der Waals surface area contributed by atoms with Gasteiger partial charge in [-0.1, -0.05) is 12.1 Å². The molecule has 0 radical (unpaired) electrons. The Morgan fingerprint density at radius 1 is 0.971 bits per heavy atom. The van der Waals surface area contributed by atoms with E-state index in [1.54, 1.807) is 18.2 Å². The van der Waals surface area contributed by atoms with Crippen molar-refractivity contribution < 1.29 is 19.1 Å². The van der Waals surface area contributed by atoms with Crippen LogP contribution in [0.3, 0.4) is 0 Å². The first kappa shape index (κ1) is 25.4. The molecule has 7 heteroatoms. The van der Waals surface area contributed by atoms with E-state index in [2.05, 4.69) is 34.5 Å². The summed E-state index contributed by atoms with van der Waals surface area (Å²) >= 11 is 0. The second-order valence-corrected chi connectivity index (χ2v) is 8.74. The fourth-order valence-corrected chi connectivity index (χ4v) is 3.97. The van der Waals surface area contributed by atoms with Gasteiger partial charge in [0.05, 0.1) is 6.61 Å². The van der Waals surface area contributed by atoms with Crippen LogP contribution >= 0.6 is 0 Å². The van der Waals surface area contributed by atoms with Crippen LogP contribution in [0.4, 0.5) is 5.69 Å². The standard InChI is InChI=1S/C27H37N3O4/c1-4-33-25-19-22(12-15-24(25)34-20-26(31)30-17-6-5-7-18-30)27(32)28-16-8-9-21-10-13-23(14-11-21)29(2)3/h10-15,19H,4-9,16-18,20H2,1-3H3,(H,28,32). The molecule has 184 valence electrons. The molecule has 1 aliphatic rings. The van der Waals surface area contributed by atoms with E-state index in [0.717, 1.165) is 38.8 Å². The summed E-state index contributed by atoms with van der Waals surface area (Å²) in [5.74, 6) is 0.785. The predicted molar refractivity (Wildman–Crippen MR) is 135 cm³/mol. The lowest BCUT2D eigenvalue weighted by Gasteiger charge is -2.26. The number of rotatable bonds is 11. The zero-order chi connectivity index (χ0) is 24.3. The highest BCUT2D eigenvalue weighted by atomic mass is 16.5. The fraction of sp³-hybridized carbons (Fsp3) is 0.481. The number of nitrogens with zero attached hydrogens (tertiary/aromatic N) is 2. The van der Waals surface area contributed by atoms with Gasteiger partial charge in [0.1, 0.15) is 0 Å². The third-order valence-corrected chi connectivity index (χ3v) is 5.95. The molecular weight excluding hydrogens is 430 g/mol. The Bertz CT molecular complexity index is 937. The molecule has 0 atom stereocenters. The van der Waals surface area contributed by atoms with E-state index >= 15 is 0 Å². The van der Waals surface area contributed by atoms with Crippen molar-refractivity contribution in [3.63, 3.8) is 0 Å². The van der Waals surface area contributed by atoms with Crippen molar-refractivity contribution in [3.05, 3.63) is 53.6 Å². The highest BCUT2D eigenvalue weighted by Gasteiger charge is 2.18. The van der Waals surface area contributed by atoms with Gasteiger partial charge in [-0.05, 0) is 74.9 Å². The molecule has 0 spiro atoms. The molecule has 1 aliphatic heterocycles. The minimum atomic E-state index is -0.153. The van der Waals surface area contributed by atoms with Crippen LogP contribution in [0.1, 0.15) is 48.5 Å². The minimum absolute atomic E-state index is 0.0136. The maximum atomic E-state index is 12.6. The first-order valence-electron chi connectivity index (χ1n) is 12.2. The summed E-state index contributed by atoms with van der Waals surface area (Å²) in [6.07, 6.45) is 5.01. The summed E-state index contributed by atoms with van der Waals surface area (Å²) in [6, 6.07) is 13.5. The minimum Gasteiger partial charge on any atom is -0.490 e. The van der Waals surface area contributed by atoms with Crippen LogP contribution in [0.25, 0.3) is 0 Å². The lowest BCUT2D eigenvalue weighted by Crippen LogP contribution is -2.38. The number of hydrogen-bond acceptors (Lipinski definition) is 5. The van der Waals surface area contributed by atoms with Gasteiger partial charge >= 0.3 is 0 Å². The van der Waals surface area contributed by atoms with Gasteiger partial charge in [-0.2, -0.15) is 0 Å². The topological polar surface area (TPSA) is 71.1 Å². The summed E-state index contributed by atoms with van der Waals surface area (Å²) in [5, 5.41) is 2.98. The molecular formula is C27H37N3O4. The maximum Gasteiger partial charge on any atom is 0.260 e. The van der Waals surface area contributed by atoms with Gasteiger partial charge in [-0.25, -0.2) is 0 Å². The van der Waals surface area contributed by atoms with Crippen molar-refractivity contribution in [1.29, 1.82) is 0 Å². The Hall–Kier alpha value is -3.22. The predicted octanol–water partition coefficient (Wildman–Crippen LogP) is 3.91. The van der Waals surface area contributed by atoms with Gasteiger partial charge in [0, 0.05) is 45.0 Å². The van der Waals surface area contributed by atoms with E-state index in [1.165, 1.54) is 17.7 Å². The van der Waals surface area contributed by atoms with E-state index < -0.39 is 0 Å². The van der Waals surface area contributed by atoms with E-state index in [4.69, 9.17) is 9.47 Å². The number of anilines is 1. The van der Waals surface area contributed by atoms with Crippen molar-refractivity contribution in [2.45, 2.75) is 39.0 Å². The van der Waals surface area contributed by atoms with Crippen molar-refractivity contribution >= 4 is 17.5 Å². The van der Waals surface area contributed by atoms with E-state index in [9.17, 15) is 9.59 Å². The number of carbonyl (C=O) groups excluding carboxylic acids is 2. The van der Waals surface area contributed by atoms with E-state index in [0.29, 0.717) is 30.2 Å². The first-order chi connectivity index (χ1) is 16.5. The second kappa shape index (κ2) is 12.9. The molecule has 0 saturated carbocycles. The zero-order valence-corrected chi connectivity index (χ0v) is 20.6. The SMILES string of the molecule is CCOc1cc(C(=O)NCCCc2ccc(N(C)C)cc2)ccc1OCC(=O)N1CCCCC1. The zero-order valence-electron chi connectivity index (χ0n) is 20.6. The number of likely N-dealkylation sites (tertiary alicyclic amines) is 1. The number of piperidine rings is 1. The smallest absolute Gasteiger partial charge is 0.260 e. The van der Waals surface area contributed by atoms with Crippen molar-refractivity contribution in [2.75, 3.05) is 51.8 Å². The quantitative estimate of drug-likeness (QED) is 0.508. The molecule has 0 aliphatic carbocycles. The maximum absolute atomic E-state index is 12.6. The molecule has 2 amide bonds. The molecule has 34 heavy (non-hydrogen) atoms. The molecule has 3 rings (SSSR count). The van der Waals surface area contributed by atoms with Crippen LogP contribution in [0, 0.1) is 0 Å². The number of hydrogen-bond donors (Lipinski definition) is 1. The van der Waals surface area contributed by atoms with Crippen molar-refractivity contribution in [2.24, 2.45) is 0 Å². The molecule has 1 heterocycles. The summed E-state index contributed by atoms with van der Waals surface area (Å²) in [6.45, 7) is 4.46. The Labute approximate surface area is 203 Å². The fourth-order valence-electron chi connectivity index (χ4n) is 3.97. The molecule has 2 aromatic rings. The number of nitrogens with one attached hydrogen (secondary N) is 1. The van der Waals surface area contributed by atoms with Gasteiger partial charge < -0.3 is 24.6 Å². The van der Waals surface area contributed by atoms with Gasteiger partial charge in [0.15, 0.2) is 18.1 Å². The third kappa shape index (κ3) is 7.40. The third-order valence-electron chi connectivity index (χ3n) is 5.95. The van der Waals surface area contributed by atoms with Gasteiger partial charge in [-0.15, -0.1) is 0 Å². The van der Waals surface area contributed by atoms with Crippen LogP contribution in [0.2, 0.25) is 0 Å². The van der Waals surface area contributed by atoms with E-state index in [-0.39, 0.29) is 18.4 Å². The highest BCUT2D eigenvalue weighted by Crippen LogP contribution is 2.29. The molecule has 1 saturated heterocycles. The molecule has 0 unspecified atom stereocenters. The van der Waals surface area contributed by atoms with Crippen molar-refractivity contribution in [1.82, 2.24) is 10.2 Å². The van der Waals surface area contributed by atoms with Crippen LogP contribution < -0.4 is 19.7 Å². The number of ether oxygens (including phenoxy) is 2. The Balaban J connectivity index is 1.49. The average molecular weight is 468 g/mol. The largest absolute Gasteiger partial charge is 0.490 e. The number of aryl methyl sites for hydroxylation is 1. The normalized spacial score (nSPS) is 13.3. The van der Waals surface area contributed by atoms with Crippen LogP contribution in [-0.2, 0) is 11.2 Å². The highest BCUT2D eigenvalue weighted by molar-refractivity contribution is 5.94. The molecule has 1 N–H and O–H groups in total. The Kier molecular flexibility index (Phi) is 9.62.